The van der Waals surface area contributed by atoms with Crippen molar-refractivity contribution in [3.63, 3.8) is 0 Å². The van der Waals surface area contributed by atoms with Gasteiger partial charge in [0, 0.05) is 35.9 Å². The molecule has 0 spiro atoms. The number of carbonyl (C=O) groups is 1. The minimum absolute atomic E-state index is 0.255. The van der Waals surface area contributed by atoms with Gasteiger partial charge in [-0.15, -0.1) is 0 Å². The monoisotopic (exact) mass is 359 g/mol. The Morgan fingerprint density at radius 2 is 1.96 bits per heavy atom. The van der Waals surface area contributed by atoms with E-state index in [1.54, 1.807) is 6.20 Å². The molecule has 1 unspecified atom stereocenters. The van der Waals surface area contributed by atoms with Crippen LogP contribution in [-0.4, -0.2) is 15.8 Å². The third kappa shape index (κ3) is 3.39. The number of carbonyl (C=O) groups excluding carboxylic acids is 1. The lowest BCUT2D eigenvalue weighted by atomic mass is 9.79. The largest absolute Gasteiger partial charge is 0.384 e. The summed E-state index contributed by atoms with van der Waals surface area (Å²) in [6, 6.07) is 14.1. The van der Waals surface area contributed by atoms with Crippen LogP contribution in [0.2, 0.25) is 0 Å². The molecule has 1 aliphatic carbocycles. The molecule has 0 saturated heterocycles. The number of benzene rings is 1. The zero-order chi connectivity index (χ0) is 19.0. The van der Waals surface area contributed by atoms with Crippen LogP contribution in [0.15, 0.2) is 48.7 Å². The maximum absolute atomic E-state index is 13.1. The molecule has 0 saturated carbocycles. The highest BCUT2D eigenvalue weighted by Gasteiger charge is 2.32. The van der Waals surface area contributed by atoms with Crippen LogP contribution in [0.3, 0.4) is 0 Å². The molecule has 0 aliphatic heterocycles. The quantitative estimate of drug-likeness (QED) is 0.712. The van der Waals surface area contributed by atoms with Gasteiger partial charge >= 0.3 is 0 Å². The number of fused-ring (bicyclic) bond motifs is 1. The molecule has 4 rings (SSSR count). The number of pyridine rings is 1. The molecule has 0 radical (unpaired) electrons. The summed E-state index contributed by atoms with van der Waals surface area (Å²) in [5.41, 5.74) is 12.1. The third-order valence-electron chi connectivity index (χ3n) is 5.61. The molecule has 4 heteroatoms. The summed E-state index contributed by atoms with van der Waals surface area (Å²) >= 11 is 0. The molecular formula is C23H25N3O. The van der Waals surface area contributed by atoms with Gasteiger partial charge in [-0.3, -0.25) is 4.79 Å². The summed E-state index contributed by atoms with van der Waals surface area (Å²) in [4.78, 5) is 20.8. The number of nitrogens with zero attached hydrogens (tertiary/aromatic N) is 1. The van der Waals surface area contributed by atoms with Crippen LogP contribution in [0.25, 0.3) is 11.3 Å². The van der Waals surface area contributed by atoms with E-state index in [2.05, 4.69) is 35.9 Å². The first-order valence-electron chi connectivity index (χ1n) is 9.55. The van der Waals surface area contributed by atoms with Crippen molar-refractivity contribution >= 4 is 11.6 Å². The molecule has 3 N–H and O–H groups in total. The van der Waals surface area contributed by atoms with Crippen LogP contribution in [-0.2, 0) is 12.8 Å². The molecule has 2 heterocycles. The van der Waals surface area contributed by atoms with E-state index in [1.807, 2.05) is 30.3 Å². The van der Waals surface area contributed by atoms with Gasteiger partial charge in [-0.05, 0) is 41.5 Å². The summed E-state index contributed by atoms with van der Waals surface area (Å²) in [6.07, 6.45) is 3.99. The molecule has 1 aliphatic rings. The van der Waals surface area contributed by atoms with Gasteiger partial charge in [-0.1, -0.05) is 44.2 Å². The van der Waals surface area contributed by atoms with E-state index in [9.17, 15) is 4.79 Å². The summed E-state index contributed by atoms with van der Waals surface area (Å²) in [7, 11) is 0. The van der Waals surface area contributed by atoms with E-state index >= 15 is 0 Å². The molecule has 0 bridgehead atoms. The van der Waals surface area contributed by atoms with Crippen molar-refractivity contribution in [3.8, 4) is 11.3 Å². The molecule has 4 nitrogen and oxygen atoms in total. The van der Waals surface area contributed by atoms with Gasteiger partial charge < -0.3 is 10.7 Å². The van der Waals surface area contributed by atoms with E-state index in [4.69, 9.17) is 5.73 Å². The van der Waals surface area contributed by atoms with Crippen LogP contribution in [0.4, 0.5) is 5.82 Å². The molecule has 1 aromatic carbocycles. The fourth-order valence-corrected chi connectivity index (χ4v) is 4.06. The van der Waals surface area contributed by atoms with E-state index in [0.717, 1.165) is 40.9 Å². The molecule has 1 atom stereocenters. The first-order valence-corrected chi connectivity index (χ1v) is 9.55. The number of aromatic nitrogens is 2. The van der Waals surface area contributed by atoms with Crippen molar-refractivity contribution in [2.24, 2.45) is 11.8 Å². The smallest absolute Gasteiger partial charge is 0.165 e. The maximum atomic E-state index is 13.1. The van der Waals surface area contributed by atoms with E-state index in [-0.39, 0.29) is 5.78 Å². The highest BCUT2D eigenvalue weighted by Crippen LogP contribution is 2.38. The van der Waals surface area contributed by atoms with Gasteiger partial charge in [0.15, 0.2) is 5.78 Å². The van der Waals surface area contributed by atoms with Gasteiger partial charge in [0.05, 0.1) is 5.69 Å². The highest BCUT2D eigenvalue weighted by atomic mass is 16.1. The van der Waals surface area contributed by atoms with Crippen molar-refractivity contribution in [2.45, 2.75) is 33.1 Å². The first kappa shape index (κ1) is 17.5. The third-order valence-corrected chi connectivity index (χ3v) is 5.61. The first-order chi connectivity index (χ1) is 13.0. The number of hydrogen-bond acceptors (Lipinski definition) is 3. The average molecular weight is 359 g/mol. The van der Waals surface area contributed by atoms with E-state index in [0.29, 0.717) is 24.1 Å². The highest BCUT2D eigenvalue weighted by molar-refractivity contribution is 6.02. The molecule has 0 amide bonds. The normalized spacial score (nSPS) is 16.6. The summed E-state index contributed by atoms with van der Waals surface area (Å²) in [5.74, 6) is 1.62. The van der Waals surface area contributed by atoms with Crippen molar-refractivity contribution in [1.29, 1.82) is 0 Å². The number of nitrogens with one attached hydrogen (secondary N) is 1. The number of Topliss-reactive ketones (excluding diaryl/α,β-unsaturated/α-hetero) is 1. The van der Waals surface area contributed by atoms with Gasteiger partial charge in [0.2, 0.25) is 0 Å². The summed E-state index contributed by atoms with van der Waals surface area (Å²) in [6.45, 7) is 4.39. The van der Waals surface area contributed by atoms with Crippen molar-refractivity contribution in [3.05, 3.63) is 71.0 Å². The lowest BCUT2D eigenvalue weighted by Crippen LogP contribution is -2.24. The molecular weight excluding hydrogens is 334 g/mol. The van der Waals surface area contributed by atoms with E-state index in [1.165, 1.54) is 5.56 Å². The predicted octanol–water partition coefficient (Wildman–Crippen LogP) is 4.65. The Morgan fingerprint density at radius 3 is 2.67 bits per heavy atom. The number of ketones is 1. The van der Waals surface area contributed by atoms with Crippen molar-refractivity contribution < 1.29 is 4.79 Å². The minimum Gasteiger partial charge on any atom is -0.384 e. The molecule has 138 valence electrons. The minimum atomic E-state index is 0.255. The predicted molar refractivity (Wildman–Crippen MR) is 109 cm³/mol. The number of hydrogen-bond donors (Lipinski definition) is 2. The number of H-pyrrole nitrogens is 1. The van der Waals surface area contributed by atoms with Crippen LogP contribution in [0.1, 0.15) is 47.4 Å². The van der Waals surface area contributed by atoms with Gasteiger partial charge in [0.25, 0.3) is 0 Å². The Labute approximate surface area is 159 Å². The fraction of sp³-hybridized carbons (Fsp3) is 0.304. The van der Waals surface area contributed by atoms with Crippen molar-refractivity contribution in [1.82, 2.24) is 9.97 Å². The van der Waals surface area contributed by atoms with Gasteiger partial charge in [0.1, 0.15) is 5.82 Å². The Kier molecular flexibility index (Phi) is 4.56. The molecule has 0 fully saturated rings. The lowest BCUT2D eigenvalue weighted by Gasteiger charge is -2.25. The SMILES string of the molecule is CC(C)C1CC(=O)c2c([nH]c(-c3ccnc(N)c3)c2Cc2ccccc2)C1. The lowest BCUT2D eigenvalue weighted by molar-refractivity contribution is 0.0932. The van der Waals surface area contributed by atoms with Crippen molar-refractivity contribution in [2.75, 3.05) is 5.73 Å². The Balaban J connectivity index is 1.85. The number of anilines is 1. The maximum Gasteiger partial charge on any atom is 0.165 e. The Bertz CT molecular complexity index is 973. The zero-order valence-corrected chi connectivity index (χ0v) is 15.8. The van der Waals surface area contributed by atoms with Crippen LogP contribution in [0.5, 0.6) is 0 Å². The summed E-state index contributed by atoms with van der Waals surface area (Å²) in [5, 5.41) is 0. The zero-order valence-electron chi connectivity index (χ0n) is 15.8. The standard InChI is InChI=1S/C23H25N3O/c1-14(2)17-11-19-22(20(27)12-17)18(10-15-6-4-3-5-7-15)23(26-19)16-8-9-25-21(24)13-16/h3-9,13-14,17,26H,10-12H2,1-2H3,(H2,24,25). The Morgan fingerprint density at radius 1 is 1.19 bits per heavy atom. The number of rotatable bonds is 4. The molecule has 27 heavy (non-hydrogen) atoms. The van der Waals surface area contributed by atoms with Gasteiger partial charge in [-0.25, -0.2) is 4.98 Å². The second-order valence-electron chi connectivity index (χ2n) is 7.80. The molecule has 2 aromatic heterocycles. The van der Waals surface area contributed by atoms with E-state index < -0.39 is 0 Å². The summed E-state index contributed by atoms with van der Waals surface area (Å²) < 4.78 is 0. The number of aromatic amines is 1. The Hall–Kier alpha value is -2.88. The van der Waals surface area contributed by atoms with Crippen LogP contribution >= 0.6 is 0 Å². The average Bonchev–Trinajstić information content (AvgIpc) is 3.01. The second-order valence-corrected chi connectivity index (χ2v) is 7.80. The second kappa shape index (κ2) is 7.03. The number of nitrogen functional groups attached to an aromatic ring is 1. The fourth-order valence-electron chi connectivity index (χ4n) is 4.06. The topological polar surface area (TPSA) is 71.8 Å². The molecule has 3 aromatic rings. The van der Waals surface area contributed by atoms with Gasteiger partial charge in [-0.2, -0.15) is 0 Å². The van der Waals surface area contributed by atoms with Crippen LogP contribution < -0.4 is 5.73 Å². The van der Waals surface area contributed by atoms with Crippen LogP contribution in [0, 0.1) is 11.8 Å². The number of nitrogens with two attached hydrogens (primary N) is 1.